The van der Waals surface area contributed by atoms with Gasteiger partial charge in [0.2, 0.25) is 0 Å². The predicted octanol–water partition coefficient (Wildman–Crippen LogP) is 6.05. The van der Waals surface area contributed by atoms with Gasteiger partial charge in [0.15, 0.2) is 0 Å². The number of β-lactam (4-membered cyclic amide) rings is 1. The Hall–Kier alpha value is -2.26. The Morgan fingerprint density at radius 3 is 2.29 bits per heavy atom. The van der Waals surface area contributed by atoms with Crippen molar-refractivity contribution in [2.75, 3.05) is 0 Å². The molecule has 1 N–H and O–H groups in total. The third kappa shape index (κ3) is 5.69. The maximum absolute atomic E-state index is 14.6. The Kier molecular flexibility index (Phi) is 8.11. The molecule has 1 aliphatic carbocycles. The Morgan fingerprint density at radius 2 is 1.71 bits per heavy atom. The zero-order chi connectivity index (χ0) is 27.9. The van der Waals surface area contributed by atoms with Gasteiger partial charge in [0.05, 0.1) is 27.8 Å². The van der Waals surface area contributed by atoms with Gasteiger partial charge in [-0.2, -0.15) is 0 Å². The second-order valence-corrected chi connectivity index (χ2v) is 25.3. The lowest BCUT2D eigenvalue weighted by atomic mass is 9.71. The van der Waals surface area contributed by atoms with Crippen LogP contribution in [-0.2, 0) is 24.1 Å². The Bertz CT molecular complexity index is 1160. The van der Waals surface area contributed by atoms with Gasteiger partial charge >= 0.3 is 0 Å². The lowest BCUT2D eigenvalue weighted by Crippen LogP contribution is -2.86. The summed E-state index contributed by atoms with van der Waals surface area (Å²) in [5.74, 6) is 0.293. The summed E-state index contributed by atoms with van der Waals surface area (Å²) in [6.45, 7) is 18.8. The minimum Gasteiger partial charge on any atom is -0.337 e. The van der Waals surface area contributed by atoms with Crippen molar-refractivity contribution < 1.29 is 9.59 Å². The smallest absolute Gasteiger partial charge is 0.253 e. The van der Waals surface area contributed by atoms with Crippen LogP contribution in [0.25, 0.3) is 0 Å². The fraction of sp³-hybridized carbons (Fsp3) is 0.581. The molecule has 1 aromatic heterocycles. The molecule has 4 rings (SSSR count). The molecule has 2 heterocycles. The number of rotatable bonds is 9. The van der Waals surface area contributed by atoms with Gasteiger partial charge in [0, 0.05) is 24.1 Å². The Morgan fingerprint density at radius 1 is 1.05 bits per heavy atom. The first kappa shape index (κ1) is 28.7. The summed E-state index contributed by atoms with van der Waals surface area (Å²) in [5.41, 5.74) is 3.55. The first-order valence-corrected chi connectivity index (χ1v) is 21.6. The van der Waals surface area contributed by atoms with E-state index in [1.165, 1.54) is 24.0 Å². The molecule has 38 heavy (non-hydrogen) atoms. The number of aromatic nitrogens is 1. The van der Waals surface area contributed by atoms with Gasteiger partial charge < -0.3 is 10.2 Å². The molecule has 7 heteroatoms. The molecule has 0 bridgehead atoms. The van der Waals surface area contributed by atoms with Crippen LogP contribution in [0.3, 0.4) is 0 Å². The van der Waals surface area contributed by atoms with Crippen LogP contribution >= 0.6 is 0 Å². The molecule has 0 saturated carbocycles. The highest BCUT2D eigenvalue weighted by molar-refractivity contribution is 6.96. The monoisotopic (exact) mass is 549 g/mol. The average molecular weight is 550 g/mol. The molecule has 1 saturated heterocycles. The maximum Gasteiger partial charge on any atom is 0.253 e. The number of carbonyl (C=O) groups excluding carboxylic acids is 2. The quantitative estimate of drug-likeness (QED) is 0.306. The van der Waals surface area contributed by atoms with Gasteiger partial charge in [-0.1, -0.05) is 71.3 Å². The van der Waals surface area contributed by atoms with Crippen LogP contribution in [0.4, 0.5) is 0 Å². The summed E-state index contributed by atoms with van der Waals surface area (Å²) in [6, 6.07) is 10.3. The standard InChI is InChI=1S/C31H47N3O2Si2/c1-22(2)18-27-31(33-28(35)26-14-11-17-32-21-26,20-23-15-16-24-12-9-10-13-25(24)19-23)29(36)34(27)30(37(3,4)5)38(6,7)8/h11,14-17,19,21-22,27,30H,9-10,12-13,18,20H2,1-8H3,(H,33,35)/t27-,31-/m1/s1. The molecule has 1 aliphatic heterocycles. The molecule has 0 radical (unpaired) electrons. The van der Waals surface area contributed by atoms with Crippen molar-refractivity contribution in [2.45, 2.75) is 109 Å². The van der Waals surface area contributed by atoms with Crippen LogP contribution < -0.4 is 5.32 Å². The fourth-order valence-corrected chi connectivity index (χ4v) is 19.9. The molecule has 5 nitrogen and oxygen atoms in total. The van der Waals surface area contributed by atoms with E-state index < -0.39 is 21.7 Å². The minimum atomic E-state index is -1.72. The van der Waals surface area contributed by atoms with Gasteiger partial charge in [-0.3, -0.25) is 14.6 Å². The van der Waals surface area contributed by atoms with Crippen molar-refractivity contribution in [1.82, 2.24) is 15.2 Å². The second-order valence-electron chi connectivity index (χ2n) is 14.1. The van der Waals surface area contributed by atoms with Crippen LogP contribution in [0.1, 0.15) is 60.2 Å². The SMILES string of the molecule is CC(C)C[C@H]1N(C([Si](C)(C)C)[Si](C)(C)C)C(=O)[C@]1(Cc1ccc2c(c1)CCCC2)NC(=O)c1cccnc1. The van der Waals surface area contributed by atoms with E-state index in [4.69, 9.17) is 0 Å². The zero-order valence-corrected chi connectivity index (χ0v) is 26.7. The molecular formula is C31H47N3O2Si2. The summed E-state index contributed by atoms with van der Waals surface area (Å²) < 4.78 is 0. The van der Waals surface area contributed by atoms with Crippen LogP contribution in [0.2, 0.25) is 39.3 Å². The fourth-order valence-electron chi connectivity index (χ4n) is 7.24. The molecule has 0 unspecified atom stereocenters. The topological polar surface area (TPSA) is 62.3 Å². The zero-order valence-electron chi connectivity index (χ0n) is 24.7. The van der Waals surface area contributed by atoms with E-state index in [2.05, 4.69) is 86.5 Å². The number of nitrogens with zero attached hydrogens (tertiary/aromatic N) is 2. The Balaban J connectivity index is 1.80. The highest BCUT2D eigenvalue weighted by Gasteiger charge is 2.65. The normalized spacial score (nSPS) is 21.9. The number of nitrogens with one attached hydrogen (secondary N) is 1. The molecule has 2 aliphatic rings. The number of amides is 2. The molecule has 2 amide bonds. The molecule has 206 valence electrons. The third-order valence-electron chi connectivity index (χ3n) is 8.29. The van der Waals surface area contributed by atoms with Gasteiger partial charge in [-0.25, -0.2) is 0 Å². The van der Waals surface area contributed by atoms with Crippen molar-refractivity contribution in [1.29, 1.82) is 0 Å². The van der Waals surface area contributed by atoms with Crippen molar-refractivity contribution in [2.24, 2.45) is 5.92 Å². The number of carbonyl (C=O) groups is 2. The summed E-state index contributed by atoms with van der Waals surface area (Å²) in [7, 11) is -3.45. The van der Waals surface area contributed by atoms with Gasteiger partial charge in [0.1, 0.15) is 5.54 Å². The molecule has 2 aromatic rings. The van der Waals surface area contributed by atoms with Crippen LogP contribution in [0, 0.1) is 5.92 Å². The number of aryl methyl sites for hydroxylation is 2. The van der Waals surface area contributed by atoms with E-state index in [-0.39, 0.29) is 17.9 Å². The third-order valence-corrected chi connectivity index (χ3v) is 17.3. The number of benzene rings is 1. The van der Waals surface area contributed by atoms with Crippen molar-refractivity contribution >= 4 is 28.0 Å². The molecule has 0 spiro atoms. The summed E-state index contributed by atoms with van der Waals surface area (Å²) in [4.78, 5) is 34.6. The number of pyridine rings is 1. The second kappa shape index (κ2) is 10.7. The highest BCUT2D eigenvalue weighted by Crippen LogP contribution is 2.44. The lowest BCUT2D eigenvalue weighted by molar-refractivity contribution is -0.163. The van der Waals surface area contributed by atoms with Crippen LogP contribution in [0.15, 0.2) is 42.7 Å². The first-order chi connectivity index (χ1) is 17.7. The number of hydrogen-bond acceptors (Lipinski definition) is 3. The van der Waals surface area contributed by atoms with Gasteiger partial charge in [-0.15, -0.1) is 0 Å². The molecular weight excluding hydrogens is 503 g/mol. The van der Waals surface area contributed by atoms with Crippen LogP contribution in [-0.4, -0.2) is 54.7 Å². The van der Waals surface area contributed by atoms with E-state index in [9.17, 15) is 9.59 Å². The number of likely N-dealkylation sites (tertiary alicyclic amines) is 1. The van der Waals surface area contributed by atoms with E-state index in [0.29, 0.717) is 23.2 Å². The summed E-state index contributed by atoms with van der Waals surface area (Å²) >= 11 is 0. The van der Waals surface area contributed by atoms with E-state index >= 15 is 0 Å². The average Bonchev–Trinajstić information content (AvgIpc) is 2.84. The maximum atomic E-state index is 14.6. The lowest BCUT2D eigenvalue weighted by Gasteiger charge is -2.63. The van der Waals surface area contributed by atoms with Crippen molar-refractivity contribution in [3.63, 3.8) is 0 Å². The van der Waals surface area contributed by atoms with E-state index in [1.807, 2.05) is 0 Å². The van der Waals surface area contributed by atoms with Crippen LogP contribution in [0.5, 0.6) is 0 Å². The summed E-state index contributed by atoms with van der Waals surface area (Å²) in [5, 5.41) is 3.63. The van der Waals surface area contributed by atoms with Gasteiger partial charge in [-0.05, 0) is 66.8 Å². The van der Waals surface area contributed by atoms with E-state index in [0.717, 1.165) is 24.8 Å². The van der Waals surface area contributed by atoms with Crippen molar-refractivity contribution in [3.05, 3.63) is 65.0 Å². The molecule has 1 aromatic carbocycles. The molecule has 1 fully saturated rings. The molecule has 2 atom stereocenters. The van der Waals surface area contributed by atoms with Crippen molar-refractivity contribution in [3.8, 4) is 0 Å². The minimum absolute atomic E-state index is 0.0323. The highest BCUT2D eigenvalue weighted by atomic mass is 28.4. The first-order valence-electron chi connectivity index (χ1n) is 14.4. The largest absolute Gasteiger partial charge is 0.337 e. The number of hydrogen-bond donors (Lipinski definition) is 1. The van der Waals surface area contributed by atoms with Gasteiger partial charge in [0.25, 0.3) is 11.8 Å². The summed E-state index contributed by atoms with van der Waals surface area (Å²) in [6.07, 6.45) is 9.36. The number of fused-ring (bicyclic) bond motifs is 1. The Labute approximate surface area is 231 Å². The van der Waals surface area contributed by atoms with E-state index in [1.54, 1.807) is 24.5 Å². The predicted molar refractivity (Wildman–Crippen MR) is 162 cm³/mol.